The molecule has 0 aliphatic heterocycles. The minimum absolute atomic E-state index is 0.144. The summed E-state index contributed by atoms with van der Waals surface area (Å²) in [7, 11) is -3.37. The van der Waals surface area contributed by atoms with E-state index in [1.165, 1.54) is 36.7 Å². The molecule has 164 valence electrons. The number of methoxy groups -OCH3 is 1. The lowest BCUT2D eigenvalue weighted by Gasteiger charge is -2.26. The van der Waals surface area contributed by atoms with Crippen LogP contribution in [0.1, 0.15) is 5.56 Å². The van der Waals surface area contributed by atoms with E-state index < -0.39 is 27.5 Å². The van der Waals surface area contributed by atoms with Crippen molar-refractivity contribution in [3.8, 4) is 5.75 Å². The van der Waals surface area contributed by atoms with Gasteiger partial charge in [-0.3, -0.25) is 4.98 Å². The van der Waals surface area contributed by atoms with Crippen LogP contribution in [0, 0.1) is 0 Å². The van der Waals surface area contributed by atoms with E-state index in [9.17, 15) is 21.6 Å². The maximum atomic E-state index is 13.7. The fraction of sp³-hybridized carbons (Fsp3) is 0.0952. The monoisotopic (exact) mass is 460 g/mol. The topological polar surface area (TPSA) is 85.3 Å². The van der Waals surface area contributed by atoms with Gasteiger partial charge in [-0.15, -0.1) is 0 Å². The summed E-state index contributed by atoms with van der Waals surface area (Å²) in [5, 5.41) is 1.30. The average Bonchev–Trinajstić information content (AvgIpc) is 2.78. The summed E-state index contributed by atoms with van der Waals surface area (Å²) in [4.78, 5) is 11.6. The highest BCUT2D eigenvalue weighted by Crippen LogP contribution is 2.45. The highest BCUT2D eigenvalue weighted by atomic mass is 32.2. The van der Waals surface area contributed by atoms with Crippen LogP contribution in [-0.2, 0) is 16.2 Å². The van der Waals surface area contributed by atoms with Gasteiger partial charge in [-0.25, -0.2) is 22.7 Å². The van der Waals surface area contributed by atoms with E-state index >= 15 is 0 Å². The molecule has 7 nitrogen and oxygen atoms in total. The van der Waals surface area contributed by atoms with E-state index in [0.717, 1.165) is 25.6 Å². The SMILES string of the molecule is COc1c(N(c2ccncn2)S(=O)(=O)c2ccc3cnccc3c2)cccc1C(F)(F)F. The second kappa shape index (κ2) is 8.08. The molecule has 2 heterocycles. The van der Waals surface area contributed by atoms with Crippen molar-refractivity contribution in [2.45, 2.75) is 11.1 Å². The molecule has 0 amide bonds. The number of nitrogens with zero attached hydrogens (tertiary/aromatic N) is 4. The van der Waals surface area contributed by atoms with Gasteiger partial charge in [0.1, 0.15) is 12.0 Å². The summed E-state index contributed by atoms with van der Waals surface area (Å²) in [6.45, 7) is 0. The van der Waals surface area contributed by atoms with Gasteiger partial charge in [-0.2, -0.15) is 13.2 Å². The number of fused-ring (bicyclic) bond motifs is 1. The summed E-state index contributed by atoms with van der Waals surface area (Å²) in [6.07, 6.45) is 0.708. The Morgan fingerprint density at radius 3 is 2.44 bits per heavy atom. The lowest BCUT2D eigenvalue weighted by molar-refractivity contribution is -0.138. The molecule has 0 atom stereocenters. The molecule has 0 spiro atoms. The smallest absolute Gasteiger partial charge is 0.420 e. The molecule has 0 aliphatic rings. The van der Waals surface area contributed by atoms with Crippen LogP contribution in [0.5, 0.6) is 5.75 Å². The van der Waals surface area contributed by atoms with E-state index in [0.29, 0.717) is 15.1 Å². The number of ether oxygens (including phenoxy) is 1. The quantitative estimate of drug-likeness (QED) is 0.434. The second-order valence-electron chi connectivity index (χ2n) is 6.58. The Morgan fingerprint density at radius 1 is 0.969 bits per heavy atom. The van der Waals surface area contributed by atoms with Gasteiger partial charge in [0.2, 0.25) is 0 Å². The zero-order valence-corrected chi connectivity index (χ0v) is 17.3. The van der Waals surface area contributed by atoms with Crippen molar-refractivity contribution >= 4 is 32.3 Å². The zero-order chi connectivity index (χ0) is 22.9. The molecule has 11 heteroatoms. The molecule has 0 N–H and O–H groups in total. The van der Waals surface area contributed by atoms with Gasteiger partial charge in [0.15, 0.2) is 11.6 Å². The Balaban J connectivity index is 1.99. The molecule has 0 aliphatic carbocycles. The van der Waals surface area contributed by atoms with Crippen LogP contribution in [0.2, 0.25) is 0 Å². The molecule has 0 radical (unpaired) electrons. The fourth-order valence-electron chi connectivity index (χ4n) is 3.23. The second-order valence-corrected chi connectivity index (χ2v) is 8.36. The number of hydrogen-bond donors (Lipinski definition) is 0. The summed E-state index contributed by atoms with van der Waals surface area (Å²) >= 11 is 0. The van der Waals surface area contributed by atoms with Gasteiger partial charge in [0, 0.05) is 30.0 Å². The maximum Gasteiger partial charge on any atom is 0.420 e. The minimum Gasteiger partial charge on any atom is -0.494 e. The van der Waals surface area contributed by atoms with Crippen LogP contribution in [-0.4, -0.2) is 30.5 Å². The Kier molecular flexibility index (Phi) is 5.43. The standard InChI is InChI=1S/C21H15F3N4O3S/c1-31-20-17(21(22,23)24)3-2-4-18(20)28(19-8-10-26-13-27-19)32(29,30)16-6-5-15-12-25-9-7-14(15)11-16/h2-13H,1H3. The van der Waals surface area contributed by atoms with Crippen molar-refractivity contribution in [1.29, 1.82) is 0 Å². The molecule has 32 heavy (non-hydrogen) atoms. The highest BCUT2D eigenvalue weighted by Gasteiger charge is 2.38. The van der Waals surface area contributed by atoms with Gasteiger partial charge in [0.25, 0.3) is 10.0 Å². The Morgan fingerprint density at radius 2 is 1.75 bits per heavy atom. The van der Waals surface area contributed by atoms with Gasteiger partial charge in [-0.1, -0.05) is 12.1 Å². The number of halogens is 3. The lowest BCUT2D eigenvalue weighted by atomic mass is 10.1. The fourth-order valence-corrected chi connectivity index (χ4v) is 4.71. The molecule has 0 unspecified atom stereocenters. The molecule has 4 aromatic rings. The summed E-state index contributed by atoms with van der Waals surface area (Å²) in [6, 6.07) is 10.4. The van der Waals surface area contributed by atoms with Crippen molar-refractivity contribution in [2.75, 3.05) is 11.4 Å². The number of anilines is 2. The van der Waals surface area contributed by atoms with Crippen LogP contribution < -0.4 is 9.04 Å². The number of hydrogen-bond acceptors (Lipinski definition) is 6. The molecule has 0 saturated heterocycles. The third kappa shape index (κ3) is 3.82. The van der Waals surface area contributed by atoms with Crippen LogP contribution in [0.3, 0.4) is 0 Å². The molecular weight excluding hydrogens is 445 g/mol. The molecular formula is C21H15F3N4O3S. The van der Waals surface area contributed by atoms with Crippen molar-refractivity contribution in [3.05, 3.63) is 79.0 Å². The molecule has 0 fully saturated rings. The molecule has 0 saturated carbocycles. The normalized spacial score (nSPS) is 12.0. The van der Waals surface area contributed by atoms with Gasteiger partial charge in [-0.05, 0) is 35.7 Å². The molecule has 2 aromatic heterocycles. The van der Waals surface area contributed by atoms with Crippen molar-refractivity contribution in [3.63, 3.8) is 0 Å². The summed E-state index contributed by atoms with van der Waals surface area (Å²) in [5.41, 5.74) is -1.45. The predicted octanol–water partition coefficient (Wildman–Crippen LogP) is 4.58. The molecule has 4 rings (SSSR count). The van der Waals surface area contributed by atoms with E-state index in [2.05, 4.69) is 15.0 Å². The first kappa shape index (κ1) is 21.5. The highest BCUT2D eigenvalue weighted by molar-refractivity contribution is 7.93. The molecule has 2 aromatic carbocycles. The van der Waals surface area contributed by atoms with E-state index in [1.807, 2.05) is 0 Å². The molecule has 0 bridgehead atoms. The van der Waals surface area contributed by atoms with Gasteiger partial charge in [0.05, 0.1) is 17.6 Å². The third-order valence-electron chi connectivity index (χ3n) is 4.65. The number of rotatable bonds is 5. The van der Waals surface area contributed by atoms with Crippen molar-refractivity contribution < 1.29 is 26.3 Å². The first-order chi connectivity index (χ1) is 15.2. The van der Waals surface area contributed by atoms with Crippen LogP contribution in [0.4, 0.5) is 24.7 Å². The third-order valence-corrected chi connectivity index (χ3v) is 6.36. The largest absolute Gasteiger partial charge is 0.494 e. The number of para-hydroxylation sites is 1. The Hall–Kier alpha value is -3.73. The summed E-state index contributed by atoms with van der Waals surface area (Å²) < 4.78 is 74.0. The maximum absolute atomic E-state index is 13.7. The van der Waals surface area contributed by atoms with Gasteiger partial charge >= 0.3 is 6.18 Å². The Bertz CT molecular complexity index is 1380. The first-order valence-corrected chi connectivity index (χ1v) is 10.6. The predicted molar refractivity (Wildman–Crippen MR) is 111 cm³/mol. The average molecular weight is 460 g/mol. The number of aromatic nitrogens is 3. The zero-order valence-electron chi connectivity index (χ0n) is 16.5. The number of sulfonamides is 1. The van der Waals surface area contributed by atoms with E-state index in [-0.39, 0.29) is 16.4 Å². The van der Waals surface area contributed by atoms with E-state index in [4.69, 9.17) is 4.74 Å². The Labute approximate surface area is 181 Å². The number of alkyl halides is 3. The lowest BCUT2D eigenvalue weighted by Crippen LogP contribution is -2.28. The first-order valence-electron chi connectivity index (χ1n) is 9.13. The van der Waals surface area contributed by atoms with Crippen molar-refractivity contribution in [1.82, 2.24) is 15.0 Å². The van der Waals surface area contributed by atoms with E-state index in [1.54, 1.807) is 18.3 Å². The van der Waals surface area contributed by atoms with Crippen LogP contribution in [0.25, 0.3) is 10.8 Å². The summed E-state index contributed by atoms with van der Waals surface area (Å²) in [5.74, 6) is -0.792. The number of benzene rings is 2. The number of pyridine rings is 1. The minimum atomic E-state index is -4.77. The van der Waals surface area contributed by atoms with Gasteiger partial charge < -0.3 is 4.74 Å². The van der Waals surface area contributed by atoms with Crippen LogP contribution in [0.15, 0.2) is 78.3 Å². The van der Waals surface area contributed by atoms with Crippen molar-refractivity contribution in [2.24, 2.45) is 0 Å². The van der Waals surface area contributed by atoms with Crippen LogP contribution >= 0.6 is 0 Å².